The van der Waals surface area contributed by atoms with Crippen LogP contribution in [0.4, 0.5) is 4.39 Å². The molecule has 0 heterocycles. The van der Waals surface area contributed by atoms with Crippen molar-refractivity contribution >= 4 is 5.91 Å². The van der Waals surface area contributed by atoms with Gasteiger partial charge in [-0.15, -0.1) is 0 Å². The molecule has 1 N–H and O–H groups in total. The number of nitrogens with one attached hydrogen (secondary N) is 1. The summed E-state index contributed by atoms with van der Waals surface area (Å²) in [5, 5.41) is 2.92. The highest BCUT2D eigenvalue weighted by molar-refractivity contribution is 5.81. The minimum Gasteiger partial charge on any atom is -0.481 e. The normalized spacial score (nSPS) is 14.4. The van der Waals surface area contributed by atoms with E-state index in [1.54, 1.807) is 12.1 Å². The molecule has 3 nitrogen and oxygen atoms in total. The Morgan fingerprint density at radius 3 is 2.58 bits per heavy atom. The number of benzene rings is 2. The second-order valence-corrected chi connectivity index (χ2v) is 6.82. The number of rotatable bonds is 7. The SMILES string of the molecule is CCC(Oc1ccc2c(c1)CCCC2)C(=O)NCCc1ccc(F)cc1. The van der Waals surface area contributed by atoms with E-state index in [4.69, 9.17) is 4.74 Å². The largest absolute Gasteiger partial charge is 0.481 e. The average Bonchev–Trinajstić information content (AvgIpc) is 2.67. The van der Waals surface area contributed by atoms with Gasteiger partial charge in [0.05, 0.1) is 0 Å². The lowest BCUT2D eigenvalue weighted by Gasteiger charge is -2.20. The van der Waals surface area contributed by atoms with Gasteiger partial charge in [0.25, 0.3) is 5.91 Å². The minimum atomic E-state index is -0.496. The molecule has 138 valence electrons. The fraction of sp³-hybridized carbons (Fsp3) is 0.409. The van der Waals surface area contributed by atoms with Crippen LogP contribution >= 0.6 is 0 Å². The number of aryl methyl sites for hydroxylation is 2. The van der Waals surface area contributed by atoms with Gasteiger partial charge in [0, 0.05) is 6.54 Å². The smallest absolute Gasteiger partial charge is 0.261 e. The molecule has 2 aromatic rings. The summed E-state index contributed by atoms with van der Waals surface area (Å²) in [5.41, 5.74) is 3.75. The molecule has 0 saturated heterocycles. The van der Waals surface area contributed by atoms with E-state index in [9.17, 15) is 9.18 Å². The van der Waals surface area contributed by atoms with Crippen molar-refractivity contribution in [3.05, 3.63) is 65.0 Å². The summed E-state index contributed by atoms with van der Waals surface area (Å²) in [6, 6.07) is 12.5. The molecule has 1 aliphatic carbocycles. The van der Waals surface area contributed by atoms with E-state index in [0.29, 0.717) is 19.4 Å². The van der Waals surface area contributed by atoms with E-state index < -0.39 is 6.10 Å². The first kappa shape index (κ1) is 18.4. The van der Waals surface area contributed by atoms with Crippen molar-refractivity contribution in [3.63, 3.8) is 0 Å². The highest BCUT2D eigenvalue weighted by Crippen LogP contribution is 2.26. The van der Waals surface area contributed by atoms with Crippen LogP contribution in [0, 0.1) is 5.82 Å². The van der Waals surface area contributed by atoms with Gasteiger partial charge in [-0.2, -0.15) is 0 Å². The molecule has 1 amide bonds. The van der Waals surface area contributed by atoms with Crippen LogP contribution in [-0.4, -0.2) is 18.6 Å². The van der Waals surface area contributed by atoms with E-state index in [2.05, 4.69) is 17.4 Å². The van der Waals surface area contributed by atoms with Gasteiger partial charge < -0.3 is 10.1 Å². The second-order valence-electron chi connectivity index (χ2n) is 6.82. The molecule has 4 heteroatoms. The van der Waals surface area contributed by atoms with Crippen LogP contribution in [0.1, 0.15) is 42.9 Å². The molecule has 0 aliphatic heterocycles. The van der Waals surface area contributed by atoms with E-state index in [1.165, 1.54) is 36.1 Å². The van der Waals surface area contributed by atoms with Crippen molar-refractivity contribution < 1.29 is 13.9 Å². The van der Waals surface area contributed by atoms with Crippen LogP contribution in [0.5, 0.6) is 5.75 Å². The number of fused-ring (bicyclic) bond motifs is 1. The summed E-state index contributed by atoms with van der Waals surface area (Å²) in [4.78, 5) is 12.4. The third-order valence-electron chi connectivity index (χ3n) is 4.89. The molecular formula is C22H26FNO2. The Kier molecular flexibility index (Phi) is 6.26. The fourth-order valence-corrected chi connectivity index (χ4v) is 3.36. The monoisotopic (exact) mass is 355 g/mol. The Morgan fingerprint density at radius 1 is 1.12 bits per heavy atom. The molecule has 1 atom stereocenters. The summed E-state index contributed by atoms with van der Waals surface area (Å²) in [5.74, 6) is 0.417. The van der Waals surface area contributed by atoms with Gasteiger partial charge in [0.1, 0.15) is 11.6 Å². The lowest BCUT2D eigenvalue weighted by Crippen LogP contribution is -2.39. The topological polar surface area (TPSA) is 38.3 Å². The van der Waals surface area contributed by atoms with Crippen LogP contribution in [0.15, 0.2) is 42.5 Å². The van der Waals surface area contributed by atoms with Gasteiger partial charge in [-0.1, -0.05) is 25.1 Å². The predicted octanol–water partition coefficient (Wildman–Crippen LogP) is 4.22. The van der Waals surface area contributed by atoms with Crippen LogP contribution in [-0.2, 0) is 24.1 Å². The van der Waals surface area contributed by atoms with Gasteiger partial charge in [0.15, 0.2) is 6.10 Å². The van der Waals surface area contributed by atoms with Crippen molar-refractivity contribution in [2.75, 3.05) is 6.54 Å². The molecule has 1 unspecified atom stereocenters. The Morgan fingerprint density at radius 2 is 1.85 bits per heavy atom. The number of carbonyl (C=O) groups is 1. The number of hydrogen-bond acceptors (Lipinski definition) is 2. The number of hydrogen-bond donors (Lipinski definition) is 1. The molecule has 0 aromatic heterocycles. The Labute approximate surface area is 154 Å². The van der Waals surface area contributed by atoms with Crippen LogP contribution < -0.4 is 10.1 Å². The van der Waals surface area contributed by atoms with Crippen molar-refractivity contribution in [1.82, 2.24) is 5.32 Å². The lowest BCUT2D eigenvalue weighted by atomic mass is 9.92. The highest BCUT2D eigenvalue weighted by Gasteiger charge is 2.19. The number of carbonyl (C=O) groups excluding carboxylic acids is 1. The number of amides is 1. The van der Waals surface area contributed by atoms with Crippen molar-refractivity contribution in [3.8, 4) is 5.75 Å². The van der Waals surface area contributed by atoms with Crippen molar-refractivity contribution in [1.29, 1.82) is 0 Å². The van der Waals surface area contributed by atoms with Gasteiger partial charge in [-0.25, -0.2) is 4.39 Å². The van der Waals surface area contributed by atoms with Crippen LogP contribution in [0.25, 0.3) is 0 Å². The Hall–Kier alpha value is -2.36. The molecule has 0 fully saturated rings. The fourth-order valence-electron chi connectivity index (χ4n) is 3.36. The van der Waals surface area contributed by atoms with Crippen LogP contribution in [0.3, 0.4) is 0 Å². The maximum absolute atomic E-state index is 12.9. The Bertz CT molecular complexity index is 742. The van der Waals surface area contributed by atoms with Gasteiger partial charge in [-0.3, -0.25) is 4.79 Å². The third-order valence-corrected chi connectivity index (χ3v) is 4.89. The zero-order valence-electron chi connectivity index (χ0n) is 15.3. The van der Waals surface area contributed by atoms with E-state index in [-0.39, 0.29) is 11.7 Å². The molecule has 0 bridgehead atoms. The van der Waals surface area contributed by atoms with E-state index >= 15 is 0 Å². The molecule has 26 heavy (non-hydrogen) atoms. The standard InChI is InChI=1S/C22H26FNO2/c1-2-21(22(25)24-14-13-16-7-10-19(23)11-8-16)26-20-12-9-17-5-3-4-6-18(17)15-20/h7-12,15,21H,2-6,13-14H2,1H3,(H,24,25). The van der Waals surface area contributed by atoms with E-state index in [1.807, 2.05) is 13.0 Å². The third kappa shape index (κ3) is 4.84. The molecule has 2 aromatic carbocycles. The van der Waals surface area contributed by atoms with Gasteiger partial charge in [-0.05, 0) is 79.5 Å². The average molecular weight is 355 g/mol. The molecule has 3 rings (SSSR count). The van der Waals surface area contributed by atoms with Crippen LogP contribution in [0.2, 0.25) is 0 Å². The van der Waals surface area contributed by atoms with Crippen molar-refractivity contribution in [2.24, 2.45) is 0 Å². The first-order valence-electron chi connectivity index (χ1n) is 9.46. The lowest BCUT2D eigenvalue weighted by molar-refractivity contribution is -0.128. The summed E-state index contributed by atoms with van der Waals surface area (Å²) < 4.78 is 18.9. The zero-order valence-corrected chi connectivity index (χ0v) is 15.3. The first-order valence-corrected chi connectivity index (χ1v) is 9.46. The van der Waals surface area contributed by atoms with Gasteiger partial charge >= 0.3 is 0 Å². The molecule has 0 radical (unpaired) electrons. The number of halogens is 1. The summed E-state index contributed by atoms with van der Waals surface area (Å²) in [7, 11) is 0. The zero-order chi connectivity index (χ0) is 18.4. The molecule has 1 aliphatic rings. The summed E-state index contributed by atoms with van der Waals surface area (Å²) in [6.07, 6.45) is 5.48. The highest BCUT2D eigenvalue weighted by atomic mass is 19.1. The summed E-state index contributed by atoms with van der Waals surface area (Å²) in [6.45, 7) is 2.46. The van der Waals surface area contributed by atoms with Gasteiger partial charge in [0.2, 0.25) is 0 Å². The predicted molar refractivity (Wildman–Crippen MR) is 101 cm³/mol. The minimum absolute atomic E-state index is 0.104. The quantitative estimate of drug-likeness (QED) is 0.807. The summed E-state index contributed by atoms with van der Waals surface area (Å²) >= 11 is 0. The Balaban J connectivity index is 1.52. The second kappa shape index (κ2) is 8.84. The van der Waals surface area contributed by atoms with E-state index in [0.717, 1.165) is 24.2 Å². The first-order chi connectivity index (χ1) is 12.7. The molecule has 0 saturated carbocycles. The maximum atomic E-state index is 12.9. The molecule has 0 spiro atoms. The molecular weight excluding hydrogens is 329 g/mol. The maximum Gasteiger partial charge on any atom is 0.261 e. The van der Waals surface area contributed by atoms with Crippen molar-refractivity contribution in [2.45, 2.75) is 51.6 Å². The number of ether oxygens (including phenoxy) is 1.